The molecule has 0 bridgehead atoms. The number of non-ortho nitro benzene ring substituents is 1. The number of anilines is 1. The van der Waals surface area contributed by atoms with E-state index in [1.807, 2.05) is 13.8 Å². The smallest absolute Gasteiger partial charge is 0.269 e. The second-order valence-electron chi connectivity index (χ2n) is 5.59. The highest BCUT2D eigenvalue weighted by Gasteiger charge is 2.16. The Balaban J connectivity index is 1.80. The SMILES string of the molecule is Cc1nc(-c2ccc(NS(=O)(=O)c3ccc([N+](=O)[O-])cc3)cc2)oc1C. The summed E-state index contributed by atoms with van der Waals surface area (Å²) in [7, 11) is -3.85. The Kier molecular flexibility index (Phi) is 4.47. The van der Waals surface area contributed by atoms with Crippen LogP contribution in [0.1, 0.15) is 11.5 Å². The van der Waals surface area contributed by atoms with Crippen molar-refractivity contribution in [2.45, 2.75) is 18.7 Å². The number of benzene rings is 2. The molecule has 134 valence electrons. The highest BCUT2D eigenvalue weighted by molar-refractivity contribution is 7.92. The van der Waals surface area contributed by atoms with Crippen molar-refractivity contribution in [3.05, 3.63) is 70.1 Å². The first kappa shape index (κ1) is 17.6. The van der Waals surface area contributed by atoms with Crippen molar-refractivity contribution in [1.82, 2.24) is 4.98 Å². The van der Waals surface area contributed by atoms with Crippen LogP contribution in [0.5, 0.6) is 0 Å². The van der Waals surface area contributed by atoms with Gasteiger partial charge in [-0.3, -0.25) is 14.8 Å². The third-order valence-electron chi connectivity index (χ3n) is 3.77. The summed E-state index contributed by atoms with van der Waals surface area (Å²) in [5.74, 6) is 1.19. The fourth-order valence-electron chi connectivity index (χ4n) is 2.24. The summed E-state index contributed by atoms with van der Waals surface area (Å²) in [6.45, 7) is 3.66. The zero-order valence-electron chi connectivity index (χ0n) is 14.0. The van der Waals surface area contributed by atoms with Gasteiger partial charge in [0.15, 0.2) is 0 Å². The fourth-order valence-corrected chi connectivity index (χ4v) is 3.30. The van der Waals surface area contributed by atoms with Crippen LogP contribution in [0.2, 0.25) is 0 Å². The number of hydrogen-bond donors (Lipinski definition) is 1. The minimum Gasteiger partial charge on any atom is -0.441 e. The van der Waals surface area contributed by atoms with Crippen molar-refractivity contribution in [2.24, 2.45) is 0 Å². The van der Waals surface area contributed by atoms with E-state index in [4.69, 9.17) is 4.42 Å². The summed E-state index contributed by atoms with van der Waals surface area (Å²) < 4.78 is 32.7. The number of aryl methyl sites for hydroxylation is 2. The Morgan fingerprint density at radius 3 is 2.15 bits per heavy atom. The number of aromatic nitrogens is 1. The number of oxazole rings is 1. The number of hydrogen-bond acceptors (Lipinski definition) is 6. The Labute approximate surface area is 149 Å². The molecule has 0 aliphatic heterocycles. The topological polar surface area (TPSA) is 115 Å². The van der Waals surface area contributed by atoms with Crippen molar-refractivity contribution in [3.8, 4) is 11.5 Å². The molecule has 1 aromatic heterocycles. The van der Waals surface area contributed by atoms with Gasteiger partial charge in [-0.2, -0.15) is 0 Å². The lowest BCUT2D eigenvalue weighted by Crippen LogP contribution is -2.12. The van der Waals surface area contributed by atoms with Gasteiger partial charge in [-0.05, 0) is 50.2 Å². The molecule has 0 atom stereocenters. The zero-order valence-corrected chi connectivity index (χ0v) is 14.8. The summed E-state index contributed by atoms with van der Waals surface area (Å²) in [4.78, 5) is 14.3. The molecule has 3 rings (SSSR count). The van der Waals surface area contributed by atoms with Gasteiger partial charge in [-0.15, -0.1) is 0 Å². The summed E-state index contributed by atoms with van der Waals surface area (Å²) in [6.07, 6.45) is 0. The highest BCUT2D eigenvalue weighted by Crippen LogP contribution is 2.24. The van der Waals surface area contributed by atoms with Crippen LogP contribution in [-0.2, 0) is 10.0 Å². The number of rotatable bonds is 5. The first-order valence-corrected chi connectivity index (χ1v) is 9.06. The monoisotopic (exact) mass is 373 g/mol. The molecule has 0 fully saturated rings. The second kappa shape index (κ2) is 6.60. The lowest BCUT2D eigenvalue weighted by atomic mass is 10.2. The molecule has 0 amide bonds. The third kappa shape index (κ3) is 3.57. The van der Waals surface area contributed by atoms with Crippen molar-refractivity contribution in [3.63, 3.8) is 0 Å². The molecule has 1 heterocycles. The van der Waals surface area contributed by atoms with Crippen molar-refractivity contribution in [2.75, 3.05) is 4.72 Å². The molecule has 0 saturated heterocycles. The van der Waals surface area contributed by atoms with E-state index in [1.165, 1.54) is 12.1 Å². The molecule has 0 spiro atoms. The summed E-state index contributed by atoms with van der Waals surface area (Å²) in [6, 6.07) is 11.2. The molecule has 2 aromatic carbocycles. The number of nitrogens with zero attached hydrogens (tertiary/aromatic N) is 2. The lowest BCUT2D eigenvalue weighted by Gasteiger charge is -2.08. The van der Waals surface area contributed by atoms with Gasteiger partial charge >= 0.3 is 0 Å². The number of nitro benzene ring substituents is 1. The summed E-state index contributed by atoms with van der Waals surface area (Å²) in [5.41, 5.74) is 1.69. The molecule has 0 saturated carbocycles. The van der Waals surface area contributed by atoms with Crippen molar-refractivity contribution in [1.29, 1.82) is 0 Å². The van der Waals surface area contributed by atoms with E-state index >= 15 is 0 Å². The minimum atomic E-state index is -3.85. The van der Waals surface area contributed by atoms with E-state index in [-0.39, 0.29) is 10.6 Å². The van der Waals surface area contributed by atoms with Crippen molar-refractivity contribution < 1.29 is 17.8 Å². The van der Waals surface area contributed by atoms with E-state index in [2.05, 4.69) is 9.71 Å². The predicted molar refractivity (Wildman–Crippen MR) is 95.3 cm³/mol. The summed E-state index contributed by atoms with van der Waals surface area (Å²) in [5, 5.41) is 10.7. The van der Waals surface area contributed by atoms with E-state index in [0.717, 1.165) is 29.2 Å². The molecule has 9 heteroatoms. The Bertz CT molecular complexity index is 1040. The molecule has 0 aliphatic carbocycles. The normalized spacial score (nSPS) is 11.3. The van der Waals surface area contributed by atoms with Crippen LogP contribution < -0.4 is 4.72 Å². The molecule has 1 N–H and O–H groups in total. The first-order chi connectivity index (χ1) is 12.3. The highest BCUT2D eigenvalue weighted by atomic mass is 32.2. The molecular weight excluding hydrogens is 358 g/mol. The third-order valence-corrected chi connectivity index (χ3v) is 5.17. The van der Waals surface area contributed by atoms with Gasteiger partial charge in [-0.1, -0.05) is 0 Å². The maximum Gasteiger partial charge on any atom is 0.269 e. The Hall–Kier alpha value is -3.20. The molecular formula is C17H15N3O5S. The van der Waals surface area contributed by atoms with Gasteiger partial charge in [0.05, 0.1) is 15.5 Å². The van der Waals surface area contributed by atoms with E-state index < -0.39 is 14.9 Å². The van der Waals surface area contributed by atoms with Gasteiger partial charge in [-0.25, -0.2) is 13.4 Å². The van der Waals surface area contributed by atoms with E-state index in [9.17, 15) is 18.5 Å². The summed E-state index contributed by atoms with van der Waals surface area (Å²) >= 11 is 0. The van der Waals surface area contributed by atoms with Crippen LogP contribution in [0.3, 0.4) is 0 Å². The number of nitro groups is 1. The maximum atomic E-state index is 12.4. The number of nitrogens with one attached hydrogen (secondary N) is 1. The Morgan fingerprint density at radius 1 is 1.04 bits per heavy atom. The van der Waals surface area contributed by atoms with Gasteiger partial charge in [0.25, 0.3) is 15.7 Å². The predicted octanol–water partition coefficient (Wildman–Crippen LogP) is 3.67. The lowest BCUT2D eigenvalue weighted by molar-refractivity contribution is -0.384. The van der Waals surface area contributed by atoms with Gasteiger partial charge in [0.2, 0.25) is 5.89 Å². The van der Waals surface area contributed by atoms with Crippen LogP contribution in [0.15, 0.2) is 57.8 Å². The fraction of sp³-hybridized carbons (Fsp3) is 0.118. The van der Waals surface area contributed by atoms with Gasteiger partial charge < -0.3 is 4.42 Å². The first-order valence-electron chi connectivity index (χ1n) is 7.58. The molecule has 8 nitrogen and oxygen atoms in total. The maximum absolute atomic E-state index is 12.4. The van der Waals surface area contributed by atoms with Crippen LogP contribution in [0.4, 0.5) is 11.4 Å². The number of sulfonamides is 1. The average molecular weight is 373 g/mol. The zero-order chi connectivity index (χ0) is 18.9. The Morgan fingerprint density at radius 2 is 1.65 bits per heavy atom. The molecule has 0 radical (unpaired) electrons. The average Bonchev–Trinajstić information content (AvgIpc) is 2.94. The molecule has 26 heavy (non-hydrogen) atoms. The molecule has 0 aliphatic rings. The van der Waals surface area contributed by atoms with E-state index in [1.54, 1.807) is 24.3 Å². The van der Waals surface area contributed by atoms with Crippen LogP contribution in [0, 0.1) is 24.0 Å². The largest absolute Gasteiger partial charge is 0.441 e. The second-order valence-corrected chi connectivity index (χ2v) is 7.28. The van der Waals surface area contributed by atoms with Crippen molar-refractivity contribution >= 4 is 21.4 Å². The van der Waals surface area contributed by atoms with Gasteiger partial charge in [0, 0.05) is 23.4 Å². The molecule has 0 unspecified atom stereocenters. The van der Waals surface area contributed by atoms with Crippen LogP contribution in [-0.4, -0.2) is 18.3 Å². The molecule has 3 aromatic rings. The van der Waals surface area contributed by atoms with Crippen LogP contribution in [0.25, 0.3) is 11.5 Å². The minimum absolute atomic E-state index is 0.0638. The quantitative estimate of drug-likeness (QED) is 0.539. The van der Waals surface area contributed by atoms with Crippen LogP contribution >= 0.6 is 0 Å². The van der Waals surface area contributed by atoms with Gasteiger partial charge in [0.1, 0.15) is 5.76 Å². The van der Waals surface area contributed by atoms with E-state index in [0.29, 0.717) is 11.6 Å². The standard InChI is InChI=1S/C17H15N3O5S/c1-11-12(2)25-17(18-11)13-3-5-14(6-4-13)19-26(23,24)16-9-7-15(8-10-16)20(21)22/h3-10,19H,1-2H3.